The molecule has 0 bridgehead atoms. The number of carbonyl (C=O) groups is 1. The van der Waals surface area contributed by atoms with Gasteiger partial charge in [0.05, 0.1) is 5.56 Å². The lowest BCUT2D eigenvalue weighted by Gasteiger charge is -2.26. The molecule has 2 aromatic rings. The molecule has 0 saturated heterocycles. The standard InChI is InChI=1S/C16H17NO2/c1-16(2,12-6-8-14(17)9-7-12)13-5-3-4-11(10-13)15(18)19/h3-10H,17H2,1-2H3,(H,18,19). The van der Waals surface area contributed by atoms with E-state index >= 15 is 0 Å². The summed E-state index contributed by atoms with van der Waals surface area (Å²) in [4.78, 5) is 11.0. The van der Waals surface area contributed by atoms with Gasteiger partial charge in [0.25, 0.3) is 0 Å². The van der Waals surface area contributed by atoms with E-state index in [1.807, 2.05) is 30.3 Å². The second kappa shape index (κ2) is 4.76. The van der Waals surface area contributed by atoms with Gasteiger partial charge in [0.15, 0.2) is 0 Å². The number of hydrogen-bond acceptors (Lipinski definition) is 2. The van der Waals surface area contributed by atoms with E-state index in [0.717, 1.165) is 16.8 Å². The van der Waals surface area contributed by atoms with Crippen molar-refractivity contribution in [2.75, 3.05) is 5.73 Å². The van der Waals surface area contributed by atoms with Crippen LogP contribution in [0.2, 0.25) is 0 Å². The Morgan fingerprint density at radius 2 is 1.68 bits per heavy atom. The van der Waals surface area contributed by atoms with Crippen molar-refractivity contribution < 1.29 is 9.90 Å². The van der Waals surface area contributed by atoms with Crippen LogP contribution in [-0.2, 0) is 5.41 Å². The van der Waals surface area contributed by atoms with E-state index in [0.29, 0.717) is 5.56 Å². The smallest absolute Gasteiger partial charge is 0.335 e. The number of aromatic carboxylic acids is 1. The van der Waals surface area contributed by atoms with Gasteiger partial charge in [-0.25, -0.2) is 4.79 Å². The van der Waals surface area contributed by atoms with Crippen molar-refractivity contribution in [3.05, 3.63) is 65.2 Å². The molecule has 0 aromatic heterocycles. The summed E-state index contributed by atoms with van der Waals surface area (Å²) >= 11 is 0. The molecule has 0 spiro atoms. The van der Waals surface area contributed by atoms with Crippen LogP contribution in [0.15, 0.2) is 48.5 Å². The van der Waals surface area contributed by atoms with E-state index < -0.39 is 5.97 Å². The predicted molar refractivity (Wildman–Crippen MR) is 76.4 cm³/mol. The maximum atomic E-state index is 11.0. The molecule has 0 aliphatic carbocycles. The van der Waals surface area contributed by atoms with Gasteiger partial charge in [0.1, 0.15) is 0 Å². The van der Waals surface area contributed by atoms with E-state index in [1.54, 1.807) is 18.2 Å². The Labute approximate surface area is 112 Å². The second-order valence-corrected chi connectivity index (χ2v) is 5.13. The maximum Gasteiger partial charge on any atom is 0.335 e. The fourth-order valence-corrected chi connectivity index (χ4v) is 2.11. The number of carboxylic acids is 1. The molecule has 3 heteroatoms. The lowest BCUT2D eigenvalue weighted by molar-refractivity contribution is 0.0696. The van der Waals surface area contributed by atoms with Gasteiger partial charge in [0.2, 0.25) is 0 Å². The van der Waals surface area contributed by atoms with Crippen LogP contribution in [-0.4, -0.2) is 11.1 Å². The SMILES string of the molecule is CC(C)(c1ccc(N)cc1)c1cccc(C(=O)O)c1. The summed E-state index contributed by atoms with van der Waals surface area (Å²) in [6.45, 7) is 4.14. The highest BCUT2D eigenvalue weighted by molar-refractivity contribution is 5.87. The number of nitrogen functional groups attached to an aromatic ring is 1. The van der Waals surface area contributed by atoms with Crippen LogP contribution in [0.25, 0.3) is 0 Å². The molecule has 0 unspecified atom stereocenters. The summed E-state index contributed by atoms with van der Waals surface area (Å²) in [5, 5.41) is 9.07. The average molecular weight is 255 g/mol. The van der Waals surface area contributed by atoms with Crippen molar-refractivity contribution in [1.82, 2.24) is 0 Å². The quantitative estimate of drug-likeness (QED) is 0.827. The Bertz CT molecular complexity index is 600. The van der Waals surface area contributed by atoms with Crippen LogP contribution in [0.3, 0.4) is 0 Å². The minimum Gasteiger partial charge on any atom is -0.478 e. The lowest BCUT2D eigenvalue weighted by atomic mass is 9.77. The molecule has 2 aromatic carbocycles. The molecule has 3 nitrogen and oxygen atoms in total. The number of anilines is 1. The van der Waals surface area contributed by atoms with Gasteiger partial charge in [-0.05, 0) is 35.4 Å². The third kappa shape index (κ3) is 2.60. The Balaban J connectivity index is 2.46. The van der Waals surface area contributed by atoms with Gasteiger partial charge < -0.3 is 10.8 Å². The van der Waals surface area contributed by atoms with Gasteiger partial charge in [-0.3, -0.25) is 0 Å². The van der Waals surface area contributed by atoms with Crippen molar-refractivity contribution in [3.8, 4) is 0 Å². The Hall–Kier alpha value is -2.29. The first kappa shape index (κ1) is 13.1. The summed E-state index contributed by atoms with van der Waals surface area (Å²) in [7, 11) is 0. The predicted octanol–water partition coefficient (Wildman–Crippen LogP) is 3.29. The zero-order valence-electron chi connectivity index (χ0n) is 11.1. The number of nitrogens with two attached hydrogens (primary N) is 1. The zero-order valence-corrected chi connectivity index (χ0v) is 11.1. The first-order valence-corrected chi connectivity index (χ1v) is 6.11. The highest BCUT2D eigenvalue weighted by Gasteiger charge is 2.23. The van der Waals surface area contributed by atoms with Gasteiger partial charge in [-0.15, -0.1) is 0 Å². The summed E-state index contributed by atoms with van der Waals surface area (Å²) in [6.07, 6.45) is 0. The topological polar surface area (TPSA) is 63.3 Å². The third-order valence-electron chi connectivity index (χ3n) is 3.46. The zero-order chi connectivity index (χ0) is 14.0. The Morgan fingerprint density at radius 1 is 1.05 bits per heavy atom. The first-order valence-electron chi connectivity index (χ1n) is 6.11. The highest BCUT2D eigenvalue weighted by Crippen LogP contribution is 2.32. The van der Waals surface area contributed by atoms with E-state index in [4.69, 9.17) is 10.8 Å². The average Bonchev–Trinajstić information content (AvgIpc) is 2.39. The van der Waals surface area contributed by atoms with Crippen LogP contribution in [0.4, 0.5) is 5.69 Å². The Kier molecular flexibility index (Phi) is 3.30. The van der Waals surface area contributed by atoms with Crippen LogP contribution >= 0.6 is 0 Å². The summed E-state index contributed by atoms with van der Waals surface area (Å²) in [5.41, 5.74) is 8.53. The second-order valence-electron chi connectivity index (χ2n) is 5.13. The number of rotatable bonds is 3. The lowest BCUT2D eigenvalue weighted by Crippen LogP contribution is -2.19. The maximum absolute atomic E-state index is 11.0. The van der Waals surface area contributed by atoms with E-state index in [2.05, 4.69) is 13.8 Å². The number of hydrogen-bond donors (Lipinski definition) is 2. The highest BCUT2D eigenvalue weighted by atomic mass is 16.4. The van der Waals surface area contributed by atoms with Crippen molar-refractivity contribution in [2.45, 2.75) is 19.3 Å². The molecule has 0 radical (unpaired) electrons. The Morgan fingerprint density at radius 3 is 2.26 bits per heavy atom. The molecule has 3 N–H and O–H groups in total. The van der Waals surface area contributed by atoms with Crippen molar-refractivity contribution in [1.29, 1.82) is 0 Å². The normalized spacial score (nSPS) is 11.3. The van der Waals surface area contributed by atoms with Crippen LogP contribution in [0.5, 0.6) is 0 Å². The summed E-state index contributed by atoms with van der Waals surface area (Å²) in [5.74, 6) is -0.907. The molecule has 19 heavy (non-hydrogen) atoms. The monoisotopic (exact) mass is 255 g/mol. The van der Waals surface area contributed by atoms with Crippen molar-refractivity contribution in [3.63, 3.8) is 0 Å². The number of carboxylic acid groups (broad SMARTS) is 1. The van der Waals surface area contributed by atoms with Gasteiger partial charge in [-0.1, -0.05) is 38.1 Å². The third-order valence-corrected chi connectivity index (χ3v) is 3.46. The molecule has 0 atom stereocenters. The van der Waals surface area contributed by atoms with E-state index in [-0.39, 0.29) is 5.41 Å². The van der Waals surface area contributed by atoms with Gasteiger partial charge >= 0.3 is 5.97 Å². The van der Waals surface area contributed by atoms with Crippen LogP contribution < -0.4 is 5.73 Å². The largest absolute Gasteiger partial charge is 0.478 e. The minimum absolute atomic E-state index is 0.265. The van der Waals surface area contributed by atoms with Gasteiger partial charge in [0, 0.05) is 11.1 Å². The summed E-state index contributed by atoms with van der Waals surface area (Å²) in [6, 6.07) is 14.7. The molecule has 2 rings (SSSR count). The molecule has 0 aliphatic heterocycles. The van der Waals surface area contributed by atoms with E-state index in [1.165, 1.54) is 0 Å². The van der Waals surface area contributed by atoms with Gasteiger partial charge in [-0.2, -0.15) is 0 Å². The molecule has 0 aliphatic rings. The van der Waals surface area contributed by atoms with Crippen LogP contribution in [0, 0.1) is 0 Å². The van der Waals surface area contributed by atoms with E-state index in [9.17, 15) is 4.79 Å². The molecular formula is C16H17NO2. The minimum atomic E-state index is -0.907. The van der Waals surface area contributed by atoms with Crippen molar-refractivity contribution in [2.24, 2.45) is 0 Å². The van der Waals surface area contributed by atoms with Crippen LogP contribution in [0.1, 0.15) is 35.3 Å². The fraction of sp³-hybridized carbons (Fsp3) is 0.188. The molecule has 0 amide bonds. The number of benzene rings is 2. The first-order chi connectivity index (χ1) is 8.91. The molecule has 0 saturated carbocycles. The fourth-order valence-electron chi connectivity index (χ4n) is 2.11. The molecule has 98 valence electrons. The molecule has 0 fully saturated rings. The summed E-state index contributed by atoms with van der Waals surface area (Å²) < 4.78 is 0. The molecule has 0 heterocycles. The molecular weight excluding hydrogens is 238 g/mol. The van der Waals surface area contributed by atoms with Crippen molar-refractivity contribution >= 4 is 11.7 Å².